The van der Waals surface area contributed by atoms with Crippen LogP contribution in [0.1, 0.15) is 11.1 Å². The van der Waals surface area contributed by atoms with Gasteiger partial charge in [0.1, 0.15) is 0 Å². The zero-order chi connectivity index (χ0) is 10.2. The first-order valence-corrected chi connectivity index (χ1v) is 7.83. The van der Waals surface area contributed by atoms with Gasteiger partial charge >= 0.3 is 0 Å². The predicted molar refractivity (Wildman–Crippen MR) is 70.5 cm³/mol. The molecule has 1 aromatic rings. The van der Waals surface area contributed by atoms with Gasteiger partial charge in [0.15, 0.2) is 0 Å². The highest BCUT2D eigenvalue weighted by atomic mass is 127. The minimum Gasteiger partial charge on any atom is -0.330 e. The Morgan fingerprint density at radius 2 is 1.71 bits per heavy atom. The van der Waals surface area contributed by atoms with Gasteiger partial charge in [-0.25, -0.2) is 0 Å². The Kier molecular flexibility index (Phi) is 6.59. The minimum atomic E-state index is 0.716. The molecular formula is C10H14INOS. The highest BCUT2D eigenvalue weighted by Crippen LogP contribution is 2.13. The zero-order valence-electron chi connectivity index (χ0n) is 7.91. The normalized spacial score (nSPS) is 10.4. The molecule has 0 amide bonds. The van der Waals surface area contributed by atoms with Gasteiger partial charge in [0, 0.05) is 21.2 Å². The maximum atomic E-state index is 5.47. The van der Waals surface area contributed by atoms with E-state index in [4.69, 9.17) is 9.92 Å². The molecule has 0 aromatic heterocycles. The molecule has 0 bridgehead atoms. The molecule has 0 aliphatic carbocycles. The lowest BCUT2D eigenvalue weighted by molar-refractivity contribution is 0.386. The standard InChI is InChI=1S/C10H14INOS/c11-14-13-8-6-10-3-1-9(2-4-10)5-7-12/h1-4H,5-8,12H2. The Balaban J connectivity index is 2.38. The van der Waals surface area contributed by atoms with Crippen molar-refractivity contribution in [2.45, 2.75) is 12.8 Å². The lowest BCUT2D eigenvalue weighted by Gasteiger charge is -2.02. The zero-order valence-corrected chi connectivity index (χ0v) is 10.9. The van der Waals surface area contributed by atoms with E-state index in [2.05, 4.69) is 45.5 Å². The molecule has 1 aromatic carbocycles. The van der Waals surface area contributed by atoms with E-state index in [0.29, 0.717) is 6.54 Å². The third-order valence-electron chi connectivity index (χ3n) is 1.97. The molecule has 2 N–H and O–H groups in total. The van der Waals surface area contributed by atoms with Gasteiger partial charge in [-0.05, 0) is 30.5 Å². The SMILES string of the molecule is NCCc1ccc(CCOSI)cc1. The van der Waals surface area contributed by atoms with Gasteiger partial charge < -0.3 is 9.92 Å². The van der Waals surface area contributed by atoms with Crippen molar-refractivity contribution in [1.29, 1.82) is 0 Å². The van der Waals surface area contributed by atoms with Gasteiger partial charge in [-0.3, -0.25) is 0 Å². The van der Waals surface area contributed by atoms with Crippen molar-refractivity contribution >= 4 is 30.4 Å². The van der Waals surface area contributed by atoms with Gasteiger partial charge in [0.2, 0.25) is 0 Å². The average molecular weight is 323 g/mol. The number of nitrogens with two attached hydrogens (primary N) is 1. The highest BCUT2D eigenvalue weighted by Gasteiger charge is 1.94. The second-order valence-electron chi connectivity index (χ2n) is 2.99. The van der Waals surface area contributed by atoms with E-state index in [9.17, 15) is 0 Å². The molecule has 14 heavy (non-hydrogen) atoms. The highest BCUT2D eigenvalue weighted by molar-refractivity contribution is 14.2. The number of rotatable bonds is 6. The molecule has 0 aliphatic heterocycles. The monoisotopic (exact) mass is 323 g/mol. The van der Waals surface area contributed by atoms with Crippen molar-refractivity contribution in [1.82, 2.24) is 0 Å². The van der Waals surface area contributed by atoms with E-state index in [1.165, 1.54) is 20.3 Å². The van der Waals surface area contributed by atoms with Crippen molar-refractivity contribution in [3.05, 3.63) is 35.4 Å². The Hall–Kier alpha value is 0.220. The molecule has 0 radical (unpaired) electrons. The maximum Gasteiger partial charge on any atom is 0.0663 e. The van der Waals surface area contributed by atoms with Crippen LogP contribution < -0.4 is 5.73 Å². The van der Waals surface area contributed by atoms with Crippen LogP contribution in [0.15, 0.2) is 24.3 Å². The molecule has 0 aliphatic rings. The summed E-state index contributed by atoms with van der Waals surface area (Å²) in [5.41, 5.74) is 8.10. The molecule has 0 saturated carbocycles. The quantitative estimate of drug-likeness (QED) is 0.497. The summed E-state index contributed by atoms with van der Waals surface area (Å²) in [4.78, 5) is 0. The molecule has 0 unspecified atom stereocenters. The summed E-state index contributed by atoms with van der Waals surface area (Å²) in [6, 6.07) is 8.57. The first-order valence-electron chi connectivity index (χ1n) is 4.55. The number of halogens is 1. The molecule has 0 spiro atoms. The van der Waals surface area contributed by atoms with Crippen molar-refractivity contribution in [3.8, 4) is 0 Å². The Morgan fingerprint density at radius 1 is 1.14 bits per heavy atom. The van der Waals surface area contributed by atoms with E-state index in [1.54, 1.807) is 0 Å². The summed E-state index contributed by atoms with van der Waals surface area (Å²) in [7, 11) is 1.39. The number of hydrogen-bond donors (Lipinski definition) is 1. The summed E-state index contributed by atoms with van der Waals surface area (Å²) in [6.45, 7) is 1.48. The topological polar surface area (TPSA) is 35.2 Å². The third kappa shape index (κ3) is 4.63. The summed E-state index contributed by atoms with van der Waals surface area (Å²) in [5, 5.41) is 0. The van der Waals surface area contributed by atoms with Gasteiger partial charge in [0.25, 0.3) is 0 Å². The third-order valence-corrected chi connectivity index (χ3v) is 2.99. The fraction of sp³-hybridized carbons (Fsp3) is 0.400. The lowest BCUT2D eigenvalue weighted by atomic mass is 10.1. The van der Waals surface area contributed by atoms with Crippen LogP contribution in [0.25, 0.3) is 0 Å². The smallest absolute Gasteiger partial charge is 0.0663 e. The Labute approximate surface area is 101 Å². The van der Waals surface area contributed by atoms with Gasteiger partial charge in [-0.1, -0.05) is 24.3 Å². The molecule has 78 valence electrons. The lowest BCUT2D eigenvalue weighted by Crippen LogP contribution is -2.02. The van der Waals surface area contributed by atoms with Crippen LogP contribution in [0.5, 0.6) is 0 Å². The fourth-order valence-electron chi connectivity index (χ4n) is 1.23. The van der Waals surface area contributed by atoms with Crippen LogP contribution in [0.3, 0.4) is 0 Å². The van der Waals surface area contributed by atoms with E-state index in [1.807, 2.05) is 0 Å². The predicted octanol–water partition coefficient (Wildman–Crippen LogP) is 2.75. The molecular weight excluding hydrogens is 309 g/mol. The molecule has 2 nitrogen and oxygen atoms in total. The summed E-state index contributed by atoms with van der Waals surface area (Å²) >= 11 is 2.13. The van der Waals surface area contributed by atoms with Crippen molar-refractivity contribution < 1.29 is 4.18 Å². The second-order valence-corrected chi connectivity index (χ2v) is 4.43. The van der Waals surface area contributed by atoms with Crippen LogP contribution in [0, 0.1) is 0 Å². The van der Waals surface area contributed by atoms with Crippen LogP contribution in [0.4, 0.5) is 0 Å². The van der Waals surface area contributed by atoms with Gasteiger partial charge in [-0.2, -0.15) is 0 Å². The largest absolute Gasteiger partial charge is 0.330 e. The fourth-order valence-corrected chi connectivity index (χ4v) is 1.92. The van der Waals surface area contributed by atoms with Gasteiger partial charge in [0.05, 0.1) is 15.8 Å². The van der Waals surface area contributed by atoms with Crippen LogP contribution in [-0.4, -0.2) is 13.2 Å². The van der Waals surface area contributed by atoms with E-state index < -0.39 is 0 Å². The molecule has 0 saturated heterocycles. The Morgan fingerprint density at radius 3 is 2.21 bits per heavy atom. The van der Waals surface area contributed by atoms with Crippen molar-refractivity contribution in [2.24, 2.45) is 5.73 Å². The minimum absolute atomic E-state index is 0.716. The van der Waals surface area contributed by atoms with Crippen molar-refractivity contribution in [2.75, 3.05) is 13.2 Å². The molecule has 0 heterocycles. The van der Waals surface area contributed by atoms with E-state index in [-0.39, 0.29) is 0 Å². The summed E-state index contributed by atoms with van der Waals surface area (Å²) < 4.78 is 5.20. The first-order chi connectivity index (χ1) is 6.86. The molecule has 0 fully saturated rings. The molecule has 1 rings (SSSR count). The number of benzene rings is 1. The number of hydrogen-bond acceptors (Lipinski definition) is 3. The maximum absolute atomic E-state index is 5.47. The summed E-state index contributed by atoms with van der Waals surface area (Å²) in [6.07, 6.45) is 1.93. The van der Waals surface area contributed by atoms with Crippen LogP contribution in [-0.2, 0) is 17.0 Å². The van der Waals surface area contributed by atoms with Crippen molar-refractivity contribution in [3.63, 3.8) is 0 Å². The Bertz CT molecular complexity index is 253. The molecule has 4 heteroatoms. The van der Waals surface area contributed by atoms with E-state index >= 15 is 0 Å². The second kappa shape index (κ2) is 7.50. The van der Waals surface area contributed by atoms with Gasteiger partial charge in [-0.15, -0.1) is 0 Å². The summed E-state index contributed by atoms with van der Waals surface area (Å²) in [5.74, 6) is 0. The van der Waals surface area contributed by atoms with Crippen LogP contribution in [0.2, 0.25) is 0 Å². The van der Waals surface area contributed by atoms with E-state index in [0.717, 1.165) is 19.4 Å². The molecule has 0 atom stereocenters. The first kappa shape index (κ1) is 12.3. The van der Waals surface area contributed by atoms with Crippen LogP contribution >= 0.6 is 30.4 Å². The average Bonchev–Trinajstić information content (AvgIpc) is 2.21.